The molecule has 0 saturated carbocycles. The monoisotopic (exact) mass is 352 g/mol. The van der Waals surface area contributed by atoms with Gasteiger partial charge in [0.05, 0.1) is 18.4 Å². The van der Waals surface area contributed by atoms with Crippen molar-refractivity contribution in [2.24, 2.45) is 5.92 Å². The van der Waals surface area contributed by atoms with E-state index in [1.54, 1.807) is 29.2 Å². The molecule has 1 saturated heterocycles. The van der Waals surface area contributed by atoms with E-state index in [4.69, 9.17) is 16.7 Å². The molecule has 1 aliphatic rings. The van der Waals surface area contributed by atoms with Gasteiger partial charge >= 0.3 is 5.97 Å². The number of hydrogen-bond donors (Lipinski definition) is 2. The third kappa shape index (κ3) is 4.96. The van der Waals surface area contributed by atoms with Crippen molar-refractivity contribution in [1.29, 1.82) is 0 Å². The molecule has 6 nitrogen and oxygen atoms in total. The topological polar surface area (TPSA) is 86.7 Å². The number of carbonyl (C=O) groups excluding carboxylic acids is 2. The molecule has 2 rings (SSSR count). The predicted octanol–water partition coefficient (Wildman–Crippen LogP) is 2.23. The van der Waals surface area contributed by atoms with Gasteiger partial charge in [0.2, 0.25) is 11.8 Å². The second-order valence-corrected chi connectivity index (χ2v) is 6.46. The summed E-state index contributed by atoms with van der Waals surface area (Å²) in [5.74, 6) is -1.78. The molecule has 2 N–H and O–H groups in total. The van der Waals surface area contributed by atoms with Crippen LogP contribution in [0.25, 0.3) is 0 Å². The summed E-state index contributed by atoms with van der Waals surface area (Å²) in [6, 6.07) is 6.49. The fraction of sp³-hybridized carbons (Fsp3) is 0.471. The highest BCUT2D eigenvalue weighted by Crippen LogP contribution is 2.23. The molecule has 7 heteroatoms. The lowest BCUT2D eigenvalue weighted by Crippen LogP contribution is -2.43. The second-order valence-electron chi connectivity index (χ2n) is 6.03. The lowest BCUT2D eigenvalue weighted by molar-refractivity contribution is -0.145. The van der Waals surface area contributed by atoms with Crippen LogP contribution in [-0.2, 0) is 14.4 Å². The maximum absolute atomic E-state index is 12.6. The second kappa shape index (κ2) is 8.15. The first-order valence-electron chi connectivity index (χ1n) is 7.90. The fourth-order valence-electron chi connectivity index (χ4n) is 2.90. The number of piperidine rings is 1. The van der Waals surface area contributed by atoms with Crippen LogP contribution >= 0.6 is 11.6 Å². The molecule has 24 heavy (non-hydrogen) atoms. The number of nitrogens with one attached hydrogen (secondary N) is 1. The van der Waals surface area contributed by atoms with Gasteiger partial charge in [0.25, 0.3) is 0 Å². The Labute approximate surface area is 145 Å². The maximum Gasteiger partial charge on any atom is 0.308 e. The number of benzene rings is 1. The van der Waals surface area contributed by atoms with Crippen molar-refractivity contribution in [1.82, 2.24) is 10.2 Å². The standard InChI is InChI=1S/C17H21ClN2O4/c1-11(21)19-15(12-4-6-14(18)7-5-12)9-16(22)20-8-2-3-13(10-20)17(23)24/h4-7,13,15H,2-3,8-10H2,1H3,(H,19,21)(H,23,24)/t13-,15-/m0/s1. The highest BCUT2D eigenvalue weighted by molar-refractivity contribution is 6.30. The van der Waals surface area contributed by atoms with E-state index in [1.165, 1.54) is 6.92 Å². The summed E-state index contributed by atoms with van der Waals surface area (Å²) in [5, 5.41) is 12.5. The zero-order valence-corrected chi connectivity index (χ0v) is 14.3. The number of carbonyl (C=O) groups is 3. The van der Waals surface area contributed by atoms with Gasteiger partial charge in [-0.1, -0.05) is 23.7 Å². The van der Waals surface area contributed by atoms with E-state index >= 15 is 0 Å². The van der Waals surface area contributed by atoms with Crippen molar-refractivity contribution in [3.8, 4) is 0 Å². The van der Waals surface area contributed by atoms with Gasteiger partial charge < -0.3 is 15.3 Å². The van der Waals surface area contributed by atoms with Gasteiger partial charge in [0, 0.05) is 25.0 Å². The molecule has 0 unspecified atom stereocenters. The van der Waals surface area contributed by atoms with Crippen molar-refractivity contribution in [2.75, 3.05) is 13.1 Å². The first kappa shape index (κ1) is 18.3. The van der Waals surface area contributed by atoms with E-state index in [9.17, 15) is 14.4 Å². The molecule has 1 aromatic rings. The predicted molar refractivity (Wildman–Crippen MR) is 89.6 cm³/mol. The molecule has 0 aliphatic carbocycles. The third-order valence-electron chi connectivity index (χ3n) is 4.15. The number of hydrogen-bond acceptors (Lipinski definition) is 3. The van der Waals surface area contributed by atoms with Crippen molar-refractivity contribution in [3.63, 3.8) is 0 Å². The Kier molecular flexibility index (Phi) is 6.20. The third-order valence-corrected chi connectivity index (χ3v) is 4.40. The SMILES string of the molecule is CC(=O)N[C@@H](CC(=O)N1CCC[C@H](C(=O)O)C1)c1ccc(Cl)cc1. The van der Waals surface area contributed by atoms with Crippen molar-refractivity contribution in [2.45, 2.75) is 32.2 Å². The van der Waals surface area contributed by atoms with Gasteiger partial charge in [0.15, 0.2) is 0 Å². The number of likely N-dealkylation sites (tertiary alicyclic amines) is 1. The normalized spacial score (nSPS) is 18.8. The van der Waals surface area contributed by atoms with Crippen LogP contribution in [0.5, 0.6) is 0 Å². The number of amides is 2. The van der Waals surface area contributed by atoms with Crippen LogP contribution in [0.1, 0.15) is 37.8 Å². The van der Waals surface area contributed by atoms with Crippen LogP contribution in [0.15, 0.2) is 24.3 Å². The van der Waals surface area contributed by atoms with Crippen LogP contribution in [-0.4, -0.2) is 40.9 Å². The molecule has 0 spiro atoms. The first-order chi connectivity index (χ1) is 11.4. The minimum atomic E-state index is -0.872. The largest absolute Gasteiger partial charge is 0.481 e. The molecule has 2 atom stereocenters. The van der Waals surface area contributed by atoms with Crippen LogP contribution in [0.2, 0.25) is 5.02 Å². The van der Waals surface area contributed by atoms with Crippen molar-refractivity contribution in [3.05, 3.63) is 34.9 Å². The highest BCUT2D eigenvalue weighted by Gasteiger charge is 2.29. The van der Waals surface area contributed by atoms with Crippen LogP contribution in [0.3, 0.4) is 0 Å². The molecule has 130 valence electrons. The average Bonchev–Trinajstić information content (AvgIpc) is 2.54. The Morgan fingerprint density at radius 3 is 2.58 bits per heavy atom. The zero-order valence-electron chi connectivity index (χ0n) is 13.5. The Hall–Kier alpha value is -2.08. The molecule has 1 aromatic carbocycles. The van der Waals surface area contributed by atoms with Crippen LogP contribution in [0, 0.1) is 5.92 Å². The number of aliphatic carboxylic acids is 1. The van der Waals surface area contributed by atoms with Gasteiger partial charge in [-0.05, 0) is 30.5 Å². The Bertz CT molecular complexity index is 618. The molecular formula is C17H21ClN2O4. The van der Waals surface area contributed by atoms with Gasteiger partial charge in [-0.3, -0.25) is 14.4 Å². The molecule has 0 bridgehead atoms. The minimum Gasteiger partial charge on any atom is -0.481 e. The summed E-state index contributed by atoms with van der Waals surface area (Å²) in [5.41, 5.74) is 0.787. The van der Waals surface area contributed by atoms with Gasteiger partial charge in [0.1, 0.15) is 0 Å². The molecule has 1 fully saturated rings. The minimum absolute atomic E-state index is 0.0908. The summed E-state index contributed by atoms with van der Waals surface area (Å²) < 4.78 is 0. The lowest BCUT2D eigenvalue weighted by Gasteiger charge is -2.32. The number of carboxylic acids is 1. The zero-order chi connectivity index (χ0) is 17.7. The molecule has 2 amide bonds. The lowest BCUT2D eigenvalue weighted by atomic mass is 9.97. The number of rotatable bonds is 5. The Morgan fingerprint density at radius 1 is 1.33 bits per heavy atom. The fourth-order valence-corrected chi connectivity index (χ4v) is 3.03. The first-order valence-corrected chi connectivity index (χ1v) is 8.27. The molecular weight excluding hydrogens is 332 g/mol. The average molecular weight is 353 g/mol. The number of nitrogens with zero attached hydrogens (tertiary/aromatic N) is 1. The summed E-state index contributed by atoms with van der Waals surface area (Å²) in [7, 11) is 0. The Morgan fingerprint density at radius 2 is 2.00 bits per heavy atom. The maximum atomic E-state index is 12.6. The van der Waals surface area contributed by atoms with Gasteiger partial charge in [-0.2, -0.15) is 0 Å². The van der Waals surface area contributed by atoms with E-state index < -0.39 is 17.9 Å². The molecule has 1 aliphatic heterocycles. The summed E-state index contributed by atoms with van der Waals surface area (Å²) in [6.07, 6.45) is 1.35. The van der Waals surface area contributed by atoms with E-state index in [2.05, 4.69) is 5.32 Å². The smallest absolute Gasteiger partial charge is 0.308 e. The van der Waals surface area contributed by atoms with E-state index in [1.807, 2.05) is 0 Å². The number of carboxylic acid groups (broad SMARTS) is 1. The van der Waals surface area contributed by atoms with E-state index in [-0.39, 0.29) is 24.8 Å². The molecule has 1 heterocycles. The van der Waals surface area contributed by atoms with Crippen LogP contribution in [0.4, 0.5) is 0 Å². The van der Waals surface area contributed by atoms with E-state index in [0.29, 0.717) is 24.4 Å². The number of halogens is 1. The quantitative estimate of drug-likeness (QED) is 0.850. The van der Waals surface area contributed by atoms with Gasteiger partial charge in [-0.25, -0.2) is 0 Å². The van der Waals surface area contributed by atoms with E-state index in [0.717, 1.165) is 5.56 Å². The molecule has 0 radical (unpaired) electrons. The molecule has 0 aromatic heterocycles. The van der Waals surface area contributed by atoms with Crippen molar-refractivity contribution < 1.29 is 19.5 Å². The summed E-state index contributed by atoms with van der Waals surface area (Å²) >= 11 is 5.88. The highest BCUT2D eigenvalue weighted by atomic mass is 35.5. The van der Waals surface area contributed by atoms with Gasteiger partial charge in [-0.15, -0.1) is 0 Å². The van der Waals surface area contributed by atoms with Crippen molar-refractivity contribution >= 4 is 29.4 Å². The van der Waals surface area contributed by atoms with Crippen LogP contribution < -0.4 is 5.32 Å². The summed E-state index contributed by atoms with van der Waals surface area (Å²) in [4.78, 5) is 36.7. The summed E-state index contributed by atoms with van der Waals surface area (Å²) in [6.45, 7) is 2.17. The Balaban J connectivity index is 2.08.